The molecule has 0 amide bonds. The number of aryl methyl sites for hydroxylation is 1. The number of nitrogens with zero attached hydrogens (tertiary/aromatic N) is 3. The van der Waals surface area contributed by atoms with Gasteiger partial charge in [-0.3, -0.25) is 0 Å². The average molecular weight is 192 g/mol. The van der Waals surface area contributed by atoms with Gasteiger partial charge in [-0.1, -0.05) is 5.10 Å². The molecule has 0 aromatic carbocycles. The van der Waals surface area contributed by atoms with E-state index in [4.69, 9.17) is 9.68 Å². The molecule has 5 heteroatoms. The molecule has 1 aromatic heterocycles. The second kappa shape index (κ2) is 3.66. The lowest BCUT2D eigenvalue weighted by Crippen LogP contribution is -2.15. The Hall–Kier alpha value is -1.57. The minimum atomic E-state index is 0.177. The van der Waals surface area contributed by atoms with Crippen LogP contribution in [0.25, 0.3) is 0 Å². The predicted molar refractivity (Wildman–Crippen MR) is 49.4 cm³/mol. The first-order valence-electron chi connectivity index (χ1n) is 4.74. The van der Waals surface area contributed by atoms with E-state index < -0.39 is 0 Å². The molecule has 0 spiro atoms. The average Bonchev–Trinajstić information content (AvgIpc) is 2.76. The zero-order valence-electron chi connectivity index (χ0n) is 8.03. The minimum Gasteiger partial charge on any atom is -0.408 e. The van der Waals surface area contributed by atoms with Crippen molar-refractivity contribution in [3.63, 3.8) is 0 Å². The topological polar surface area (TPSA) is 74.7 Å². The van der Waals surface area contributed by atoms with E-state index in [0.29, 0.717) is 17.9 Å². The monoisotopic (exact) mass is 192 g/mol. The third-order valence-electron chi connectivity index (χ3n) is 2.47. The smallest absolute Gasteiger partial charge is 0.315 e. The molecule has 0 aliphatic heterocycles. The zero-order chi connectivity index (χ0) is 9.97. The van der Waals surface area contributed by atoms with Gasteiger partial charge in [0.1, 0.15) is 0 Å². The van der Waals surface area contributed by atoms with Gasteiger partial charge in [0.2, 0.25) is 5.89 Å². The summed E-state index contributed by atoms with van der Waals surface area (Å²) < 4.78 is 5.20. The maximum absolute atomic E-state index is 8.72. The Morgan fingerprint density at radius 2 is 2.36 bits per heavy atom. The Kier molecular flexibility index (Phi) is 2.35. The molecular formula is C9H12N4O. The fourth-order valence-corrected chi connectivity index (χ4v) is 1.76. The summed E-state index contributed by atoms with van der Waals surface area (Å²) in [5.41, 5.74) is 0. The van der Waals surface area contributed by atoms with Crippen molar-refractivity contribution >= 4 is 6.01 Å². The Morgan fingerprint density at radius 3 is 2.93 bits per heavy atom. The normalized spacial score (nSPS) is 26.0. The summed E-state index contributed by atoms with van der Waals surface area (Å²) in [5, 5.41) is 19.4. The fourth-order valence-electron chi connectivity index (χ4n) is 1.76. The second-order valence-corrected chi connectivity index (χ2v) is 3.61. The maximum Gasteiger partial charge on any atom is 0.315 e. The van der Waals surface area contributed by atoms with E-state index in [2.05, 4.69) is 21.6 Å². The van der Waals surface area contributed by atoms with Gasteiger partial charge in [0, 0.05) is 18.9 Å². The molecule has 1 aliphatic carbocycles. The number of anilines is 1. The first kappa shape index (κ1) is 9.00. The van der Waals surface area contributed by atoms with E-state index >= 15 is 0 Å². The Morgan fingerprint density at radius 1 is 1.50 bits per heavy atom. The van der Waals surface area contributed by atoms with Crippen molar-refractivity contribution in [2.75, 3.05) is 5.32 Å². The molecule has 1 aliphatic rings. The quantitative estimate of drug-likeness (QED) is 0.768. The summed E-state index contributed by atoms with van der Waals surface area (Å²) in [4.78, 5) is 0. The molecule has 0 bridgehead atoms. The number of rotatable bonds is 2. The molecule has 2 unspecified atom stereocenters. The summed E-state index contributed by atoms with van der Waals surface area (Å²) in [5.74, 6) is 0.735. The van der Waals surface area contributed by atoms with E-state index in [0.717, 1.165) is 19.3 Å². The number of hydrogen-bond acceptors (Lipinski definition) is 5. The number of nitrogens with one attached hydrogen (secondary N) is 1. The Balaban J connectivity index is 1.91. The van der Waals surface area contributed by atoms with Gasteiger partial charge in [-0.05, 0) is 19.3 Å². The van der Waals surface area contributed by atoms with E-state index in [-0.39, 0.29) is 5.92 Å². The molecule has 1 fully saturated rings. The summed E-state index contributed by atoms with van der Waals surface area (Å²) in [6, 6.07) is 3.05. The summed E-state index contributed by atoms with van der Waals surface area (Å²) in [7, 11) is 0. The van der Waals surface area contributed by atoms with Crippen molar-refractivity contribution in [3.8, 4) is 6.07 Å². The summed E-state index contributed by atoms with van der Waals surface area (Å²) >= 11 is 0. The number of aromatic nitrogens is 2. The molecule has 1 heterocycles. The highest BCUT2D eigenvalue weighted by atomic mass is 16.4. The highest BCUT2D eigenvalue weighted by molar-refractivity contribution is 5.20. The van der Waals surface area contributed by atoms with E-state index in [1.54, 1.807) is 6.92 Å². The van der Waals surface area contributed by atoms with Gasteiger partial charge >= 0.3 is 6.01 Å². The molecule has 0 radical (unpaired) electrons. The molecule has 2 atom stereocenters. The van der Waals surface area contributed by atoms with Crippen LogP contribution in [0.3, 0.4) is 0 Å². The van der Waals surface area contributed by atoms with E-state index in [1.807, 2.05) is 0 Å². The van der Waals surface area contributed by atoms with E-state index in [9.17, 15) is 0 Å². The Bertz CT molecular complexity index is 354. The molecule has 74 valence electrons. The molecule has 0 saturated heterocycles. The van der Waals surface area contributed by atoms with Gasteiger partial charge in [0.05, 0.1) is 6.07 Å². The van der Waals surface area contributed by atoms with Crippen LogP contribution in [0, 0.1) is 24.2 Å². The van der Waals surface area contributed by atoms with Crippen molar-refractivity contribution < 1.29 is 4.42 Å². The summed E-state index contributed by atoms with van der Waals surface area (Å²) in [6.07, 6.45) is 2.83. The molecule has 2 rings (SSSR count). The molecule has 1 aromatic rings. The standard InChI is InChI=1S/C9H12N4O/c1-6-12-13-9(14-6)11-8-3-2-7(4-8)5-10/h7-8H,2-4H2,1H3,(H,11,13). The highest BCUT2D eigenvalue weighted by Crippen LogP contribution is 2.26. The largest absolute Gasteiger partial charge is 0.408 e. The SMILES string of the molecule is Cc1nnc(NC2CCC(C#N)C2)o1. The second-order valence-electron chi connectivity index (χ2n) is 3.61. The van der Waals surface area contributed by atoms with Crippen LogP contribution >= 0.6 is 0 Å². The molecular weight excluding hydrogens is 180 g/mol. The van der Waals surface area contributed by atoms with Crippen LogP contribution in [0.2, 0.25) is 0 Å². The van der Waals surface area contributed by atoms with Crippen LogP contribution in [0.5, 0.6) is 0 Å². The van der Waals surface area contributed by atoms with E-state index in [1.165, 1.54) is 0 Å². The van der Waals surface area contributed by atoms with Crippen molar-refractivity contribution in [1.29, 1.82) is 5.26 Å². The first-order chi connectivity index (χ1) is 6.78. The van der Waals surface area contributed by atoms with Gasteiger partial charge in [-0.25, -0.2) is 0 Å². The Labute approximate surface area is 82.1 Å². The summed E-state index contributed by atoms with van der Waals surface area (Å²) in [6.45, 7) is 1.75. The highest BCUT2D eigenvalue weighted by Gasteiger charge is 2.25. The van der Waals surface area contributed by atoms with Crippen LogP contribution in [-0.4, -0.2) is 16.2 Å². The van der Waals surface area contributed by atoms with Gasteiger partial charge < -0.3 is 9.73 Å². The van der Waals surface area contributed by atoms with Crippen LogP contribution in [-0.2, 0) is 0 Å². The van der Waals surface area contributed by atoms with Crippen LogP contribution in [0.15, 0.2) is 4.42 Å². The lowest BCUT2D eigenvalue weighted by atomic mass is 10.1. The molecule has 1 N–H and O–H groups in total. The minimum absolute atomic E-state index is 0.177. The number of nitriles is 1. The van der Waals surface area contributed by atoms with Gasteiger partial charge in [-0.15, -0.1) is 5.10 Å². The van der Waals surface area contributed by atoms with Crippen LogP contribution in [0.1, 0.15) is 25.2 Å². The van der Waals surface area contributed by atoms with Crippen LogP contribution in [0.4, 0.5) is 6.01 Å². The maximum atomic E-state index is 8.72. The molecule has 5 nitrogen and oxygen atoms in total. The third kappa shape index (κ3) is 1.84. The van der Waals surface area contributed by atoms with Crippen molar-refractivity contribution in [2.45, 2.75) is 32.2 Å². The number of hydrogen-bond donors (Lipinski definition) is 1. The van der Waals surface area contributed by atoms with Gasteiger partial charge in [0.25, 0.3) is 0 Å². The fraction of sp³-hybridized carbons (Fsp3) is 0.667. The van der Waals surface area contributed by atoms with Crippen molar-refractivity contribution in [3.05, 3.63) is 5.89 Å². The van der Waals surface area contributed by atoms with Gasteiger partial charge in [-0.2, -0.15) is 5.26 Å². The molecule has 1 saturated carbocycles. The third-order valence-corrected chi connectivity index (χ3v) is 2.47. The van der Waals surface area contributed by atoms with Crippen molar-refractivity contribution in [1.82, 2.24) is 10.2 Å². The first-order valence-corrected chi connectivity index (χ1v) is 4.74. The van der Waals surface area contributed by atoms with Crippen LogP contribution < -0.4 is 5.32 Å². The van der Waals surface area contributed by atoms with Crippen molar-refractivity contribution in [2.24, 2.45) is 5.92 Å². The lowest BCUT2D eigenvalue weighted by molar-refractivity contribution is 0.521. The predicted octanol–water partition coefficient (Wildman–Crippen LogP) is 1.48. The zero-order valence-corrected chi connectivity index (χ0v) is 8.03. The van der Waals surface area contributed by atoms with Gasteiger partial charge in [0.15, 0.2) is 0 Å². The molecule has 14 heavy (non-hydrogen) atoms. The lowest BCUT2D eigenvalue weighted by Gasteiger charge is -2.07.